The number of nitrogens with zero attached hydrogens (tertiary/aromatic N) is 2. The molecule has 0 N–H and O–H groups in total. The molecule has 0 fully saturated rings. The van der Waals surface area contributed by atoms with E-state index in [2.05, 4.69) is 0 Å². The van der Waals surface area contributed by atoms with Crippen LogP contribution in [0.3, 0.4) is 0 Å². The lowest BCUT2D eigenvalue weighted by Crippen LogP contribution is -2.09. The Balaban J connectivity index is 3.12. The van der Waals surface area contributed by atoms with Crippen molar-refractivity contribution in [2.45, 2.75) is 13.8 Å². The average Bonchev–Trinajstić information content (AvgIpc) is 2.28. The molecule has 0 amide bonds. The zero-order valence-electron chi connectivity index (χ0n) is 10.6. The van der Waals surface area contributed by atoms with Gasteiger partial charge in [-0.3, -0.25) is 4.79 Å². The summed E-state index contributed by atoms with van der Waals surface area (Å²) in [5.74, 6) is -0.232. The molecule has 0 aromatic heterocycles. The fourth-order valence-corrected chi connectivity index (χ4v) is 1.43. The number of rotatable bonds is 3. The van der Waals surface area contributed by atoms with Gasteiger partial charge in [0.2, 0.25) is 5.78 Å². The first-order chi connectivity index (χ1) is 7.95. The van der Waals surface area contributed by atoms with E-state index in [4.69, 9.17) is 5.26 Å². The predicted octanol–water partition coefficient (Wildman–Crippen LogP) is 2.46. The molecule has 1 rings (SSSR count). The van der Waals surface area contributed by atoms with E-state index < -0.39 is 0 Å². The van der Waals surface area contributed by atoms with Crippen molar-refractivity contribution >= 4 is 5.78 Å². The summed E-state index contributed by atoms with van der Waals surface area (Å²) in [7, 11) is 3.57. The molecule has 0 saturated heterocycles. The summed E-state index contributed by atoms with van der Waals surface area (Å²) in [5.41, 5.74) is 2.90. The summed E-state index contributed by atoms with van der Waals surface area (Å²) >= 11 is 0. The van der Waals surface area contributed by atoms with Gasteiger partial charge in [0, 0.05) is 25.9 Å². The molecular weight excluding hydrogens is 212 g/mol. The van der Waals surface area contributed by atoms with Gasteiger partial charge in [-0.1, -0.05) is 12.1 Å². The Morgan fingerprint density at radius 1 is 1.29 bits per heavy atom. The van der Waals surface area contributed by atoms with E-state index in [1.54, 1.807) is 25.1 Å². The summed E-state index contributed by atoms with van der Waals surface area (Å²) in [6, 6.07) is 7.41. The molecule has 0 bridgehead atoms. The van der Waals surface area contributed by atoms with Crippen LogP contribution < -0.4 is 0 Å². The first kappa shape index (κ1) is 13.0. The second kappa shape index (κ2) is 5.31. The highest BCUT2D eigenvalue weighted by Crippen LogP contribution is 2.13. The second-order valence-electron chi connectivity index (χ2n) is 4.25. The van der Waals surface area contributed by atoms with Crippen molar-refractivity contribution in [3.63, 3.8) is 0 Å². The van der Waals surface area contributed by atoms with Gasteiger partial charge in [0.15, 0.2) is 0 Å². The largest absolute Gasteiger partial charge is 0.382 e. The molecule has 17 heavy (non-hydrogen) atoms. The highest BCUT2D eigenvalue weighted by atomic mass is 16.1. The number of hydrogen-bond donors (Lipinski definition) is 0. The molecule has 0 aliphatic rings. The number of Topliss-reactive ketones (excluding diaryl/α,β-unsaturated/α-hetero) is 1. The lowest BCUT2D eigenvalue weighted by Gasteiger charge is -2.07. The molecule has 1 aromatic carbocycles. The molecule has 0 aliphatic carbocycles. The minimum absolute atomic E-state index is 0.151. The van der Waals surface area contributed by atoms with E-state index in [-0.39, 0.29) is 11.4 Å². The lowest BCUT2D eigenvalue weighted by atomic mass is 10.0. The number of aryl methyl sites for hydroxylation is 2. The van der Waals surface area contributed by atoms with Crippen LogP contribution >= 0.6 is 0 Å². The van der Waals surface area contributed by atoms with Crippen molar-refractivity contribution in [1.82, 2.24) is 4.90 Å². The van der Waals surface area contributed by atoms with Crippen LogP contribution in [0.25, 0.3) is 0 Å². The van der Waals surface area contributed by atoms with Crippen molar-refractivity contribution in [2.75, 3.05) is 14.1 Å². The van der Waals surface area contributed by atoms with Gasteiger partial charge >= 0.3 is 0 Å². The first-order valence-electron chi connectivity index (χ1n) is 5.36. The molecular formula is C14H16N2O. The molecule has 0 aliphatic heterocycles. The fourth-order valence-electron chi connectivity index (χ4n) is 1.43. The lowest BCUT2D eigenvalue weighted by molar-refractivity contribution is 0.103. The molecule has 1 aromatic rings. The van der Waals surface area contributed by atoms with Crippen LogP contribution in [0.15, 0.2) is 30.0 Å². The summed E-state index contributed by atoms with van der Waals surface area (Å²) in [5, 5.41) is 8.96. The van der Waals surface area contributed by atoms with Crippen LogP contribution in [0.1, 0.15) is 21.5 Å². The van der Waals surface area contributed by atoms with E-state index in [0.717, 1.165) is 11.1 Å². The van der Waals surface area contributed by atoms with Gasteiger partial charge in [0.1, 0.15) is 11.6 Å². The summed E-state index contributed by atoms with van der Waals surface area (Å²) in [6.07, 6.45) is 1.54. The molecule has 0 saturated carbocycles. The van der Waals surface area contributed by atoms with E-state index >= 15 is 0 Å². The normalized spacial score (nSPS) is 10.9. The van der Waals surface area contributed by atoms with Gasteiger partial charge in [0.25, 0.3) is 0 Å². The monoisotopic (exact) mass is 228 g/mol. The number of carbonyl (C=O) groups is 1. The van der Waals surface area contributed by atoms with Crippen LogP contribution in [0.4, 0.5) is 0 Å². The van der Waals surface area contributed by atoms with Gasteiger partial charge in [-0.25, -0.2) is 0 Å². The number of carbonyl (C=O) groups excluding carboxylic acids is 1. The van der Waals surface area contributed by atoms with Gasteiger partial charge in [-0.15, -0.1) is 0 Å². The quantitative estimate of drug-likeness (QED) is 0.453. The molecule has 3 heteroatoms. The number of allylic oxidation sites excluding steroid dienone is 1. The highest BCUT2D eigenvalue weighted by molar-refractivity contribution is 6.11. The Labute approximate surface area is 102 Å². The van der Waals surface area contributed by atoms with Gasteiger partial charge in [0.05, 0.1) is 0 Å². The van der Waals surface area contributed by atoms with Crippen LogP contribution in [0.5, 0.6) is 0 Å². The number of nitriles is 1. The minimum Gasteiger partial charge on any atom is -0.382 e. The Hall–Kier alpha value is -2.08. The third-order valence-corrected chi connectivity index (χ3v) is 2.52. The van der Waals surface area contributed by atoms with Crippen molar-refractivity contribution in [3.05, 3.63) is 46.7 Å². The summed E-state index contributed by atoms with van der Waals surface area (Å²) in [6.45, 7) is 3.94. The average molecular weight is 228 g/mol. The summed E-state index contributed by atoms with van der Waals surface area (Å²) in [4.78, 5) is 13.7. The molecule has 0 heterocycles. The molecule has 0 unspecified atom stereocenters. The van der Waals surface area contributed by atoms with E-state index in [9.17, 15) is 4.79 Å². The Morgan fingerprint density at radius 2 is 1.94 bits per heavy atom. The Bertz CT molecular complexity index is 507. The Morgan fingerprint density at radius 3 is 2.41 bits per heavy atom. The zero-order valence-corrected chi connectivity index (χ0v) is 10.6. The number of hydrogen-bond acceptors (Lipinski definition) is 3. The van der Waals surface area contributed by atoms with Crippen molar-refractivity contribution in [1.29, 1.82) is 5.26 Å². The molecule has 88 valence electrons. The molecule has 0 spiro atoms. The molecule has 3 nitrogen and oxygen atoms in total. The minimum atomic E-state index is -0.232. The Kier molecular flexibility index (Phi) is 4.06. The van der Waals surface area contributed by atoms with Gasteiger partial charge in [-0.2, -0.15) is 5.26 Å². The van der Waals surface area contributed by atoms with Gasteiger partial charge < -0.3 is 4.90 Å². The second-order valence-corrected chi connectivity index (χ2v) is 4.25. The first-order valence-corrected chi connectivity index (χ1v) is 5.36. The van der Waals surface area contributed by atoms with Crippen molar-refractivity contribution < 1.29 is 4.79 Å². The maximum atomic E-state index is 12.1. The fraction of sp³-hybridized carbons (Fsp3) is 0.286. The maximum Gasteiger partial charge on any atom is 0.205 e. The number of ketones is 1. The standard InChI is InChI=1S/C14H16N2O/c1-10-5-6-12(7-11(10)2)14(17)13(8-15)9-16(3)4/h5-7,9H,1-4H3. The predicted molar refractivity (Wildman–Crippen MR) is 67.6 cm³/mol. The topological polar surface area (TPSA) is 44.1 Å². The SMILES string of the molecule is Cc1ccc(C(=O)C(C#N)=CN(C)C)cc1C. The third kappa shape index (κ3) is 3.18. The third-order valence-electron chi connectivity index (χ3n) is 2.52. The van der Waals surface area contributed by atoms with Crippen molar-refractivity contribution in [2.24, 2.45) is 0 Å². The van der Waals surface area contributed by atoms with Gasteiger partial charge in [-0.05, 0) is 31.0 Å². The van der Waals surface area contributed by atoms with Crippen LogP contribution in [0.2, 0.25) is 0 Å². The van der Waals surface area contributed by atoms with E-state index in [1.807, 2.05) is 32.0 Å². The van der Waals surface area contributed by atoms with Crippen LogP contribution in [0, 0.1) is 25.2 Å². The summed E-state index contributed by atoms with van der Waals surface area (Å²) < 4.78 is 0. The highest BCUT2D eigenvalue weighted by Gasteiger charge is 2.12. The van der Waals surface area contributed by atoms with Crippen LogP contribution in [-0.2, 0) is 0 Å². The van der Waals surface area contributed by atoms with E-state index in [0.29, 0.717) is 5.56 Å². The van der Waals surface area contributed by atoms with E-state index in [1.165, 1.54) is 6.20 Å². The molecule has 0 atom stereocenters. The van der Waals surface area contributed by atoms with Crippen LogP contribution in [-0.4, -0.2) is 24.8 Å². The zero-order chi connectivity index (χ0) is 13.0. The smallest absolute Gasteiger partial charge is 0.205 e. The molecule has 0 radical (unpaired) electrons. The maximum absolute atomic E-state index is 12.1. The van der Waals surface area contributed by atoms with Crippen molar-refractivity contribution in [3.8, 4) is 6.07 Å². The number of benzene rings is 1.